The third kappa shape index (κ3) is 3.95. The van der Waals surface area contributed by atoms with Crippen LogP contribution in [-0.4, -0.2) is 18.0 Å². The average molecular weight is 305 g/mol. The summed E-state index contributed by atoms with van der Waals surface area (Å²) < 4.78 is 5.21. The lowest BCUT2D eigenvalue weighted by molar-refractivity contribution is 0.102. The van der Waals surface area contributed by atoms with Gasteiger partial charge in [0, 0.05) is 11.3 Å². The number of pyridine rings is 1. The van der Waals surface area contributed by atoms with E-state index < -0.39 is 0 Å². The molecular formula is C16H17ClN2O2. The lowest BCUT2D eigenvalue weighted by atomic mass is 10.1. The van der Waals surface area contributed by atoms with Crippen molar-refractivity contribution in [1.29, 1.82) is 0 Å². The highest BCUT2D eigenvalue weighted by Gasteiger charge is 2.11. The summed E-state index contributed by atoms with van der Waals surface area (Å²) in [7, 11) is 1.56. The summed E-state index contributed by atoms with van der Waals surface area (Å²) in [5, 5.41) is 3.15. The number of benzene rings is 1. The number of carbonyl (C=O) groups is 1. The van der Waals surface area contributed by atoms with Crippen LogP contribution in [0.25, 0.3) is 0 Å². The van der Waals surface area contributed by atoms with E-state index in [1.54, 1.807) is 31.4 Å². The minimum Gasteiger partial charge on any atom is -0.495 e. The Morgan fingerprint density at radius 1 is 1.33 bits per heavy atom. The lowest BCUT2D eigenvalue weighted by Crippen LogP contribution is -2.13. The van der Waals surface area contributed by atoms with Crippen molar-refractivity contribution in [3.05, 3.63) is 52.8 Å². The number of anilines is 1. The van der Waals surface area contributed by atoms with E-state index in [1.165, 1.54) is 0 Å². The van der Waals surface area contributed by atoms with Crippen LogP contribution < -0.4 is 10.1 Å². The third-order valence-corrected chi connectivity index (χ3v) is 3.16. The number of halogens is 1. The highest BCUT2D eigenvalue weighted by atomic mass is 35.5. The number of aromatic nitrogens is 1. The lowest BCUT2D eigenvalue weighted by Gasteiger charge is -2.10. The zero-order chi connectivity index (χ0) is 15.2. The van der Waals surface area contributed by atoms with E-state index in [1.807, 2.05) is 12.1 Å². The maximum absolute atomic E-state index is 12.3. The molecule has 1 amide bonds. The van der Waals surface area contributed by atoms with Crippen LogP contribution in [-0.2, 0) is 6.42 Å². The van der Waals surface area contributed by atoms with Crippen molar-refractivity contribution in [3.63, 3.8) is 0 Å². The number of amides is 1. The predicted octanol–water partition coefficient (Wildman–Crippen LogP) is 3.95. The number of aryl methyl sites for hydroxylation is 1. The summed E-state index contributed by atoms with van der Waals surface area (Å²) in [6.45, 7) is 2.05. The molecule has 0 fully saturated rings. The van der Waals surface area contributed by atoms with Crippen LogP contribution >= 0.6 is 11.6 Å². The van der Waals surface area contributed by atoms with E-state index in [4.69, 9.17) is 16.3 Å². The molecule has 0 spiro atoms. The monoisotopic (exact) mass is 304 g/mol. The molecule has 0 saturated heterocycles. The molecule has 1 aromatic carbocycles. The summed E-state index contributed by atoms with van der Waals surface area (Å²) in [4.78, 5) is 16.5. The van der Waals surface area contributed by atoms with Gasteiger partial charge in [-0.05, 0) is 30.7 Å². The number of hydrogen-bond acceptors (Lipinski definition) is 3. The van der Waals surface area contributed by atoms with Crippen LogP contribution in [0, 0.1) is 0 Å². The molecule has 0 unspecified atom stereocenters. The minimum atomic E-state index is -0.235. The van der Waals surface area contributed by atoms with E-state index in [9.17, 15) is 4.79 Å². The van der Waals surface area contributed by atoms with Gasteiger partial charge in [0.1, 0.15) is 10.9 Å². The first-order valence-corrected chi connectivity index (χ1v) is 7.12. The molecule has 4 nitrogen and oxygen atoms in total. The third-order valence-electron chi connectivity index (χ3n) is 2.97. The van der Waals surface area contributed by atoms with Crippen LogP contribution in [0.15, 0.2) is 36.4 Å². The van der Waals surface area contributed by atoms with Crippen molar-refractivity contribution < 1.29 is 9.53 Å². The smallest absolute Gasteiger partial charge is 0.255 e. The molecule has 0 saturated carbocycles. The van der Waals surface area contributed by atoms with Crippen LogP contribution in [0.1, 0.15) is 29.4 Å². The highest BCUT2D eigenvalue weighted by molar-refractivity contribution is 6.29. The number of hydrogen-bond donors (Lipinski definition) is 1. The van der Waals surface area contributed by atoms with Gasteiger partial charge in [0.25, 0.3) is 5.91 Å². The van der Waals surface area contributed by atoms with Crippen LogP contribution in [0.3, 0.4) is 0 Å². The topological polar surface area (TPSA) is 51.2 Å². The zero-order valence-electron chi connectivity index (χ0n) is 12.0. The minimum absolute atomic E-state index is 0.235. The summed E-state index contributed by atoms with van der Waals surface area (Å²) in [5.74, 6) is 0.376. The van der Waals surface area contributed by atoms with E-state index in [2.05, 4.69) is 17.2 Å². The molecule has 21 heavy (non-hydrogen) atoms. The molecule has 0 aliphatic carbocycles. The normalized spacial score (nSPS) is 10.2. The standard InChI is InChI=1S/C16H17ClN2O2/c1-3-6-12-9-11(10-15(17)18-12)16(20)19-13-7-4-5-8-14(13)21-2/h4-5,7-10H,3,6H2,1-2H3,(H,19,20). The molecule has 1 aromatic heterocycles. The number of carbonyl (C=O) groups excluding carboxylic acids is 1. The largest absolute Gasteiger partial charge is 0.495 e. The molecular weight excluding hydrogens is 288 g/mol. The fraction of sp³-hybridized carbons (Fsp3) is 0.250. The van der Waals surface area contributed by atoms with Crippen molar-refractivity contribution in [2.75, 3.05) is 12.4 Å². The average Bonchev–Trinajstić information content (AvgIpc) is 2.47. The van der Waals surface area contributed by atoms with Crippen molar-refractivity contribution in [3.8, 4) is 5.75 Å². The molecule has 0 aliphatic heterocycles. The molecule has 0 aliphatic rings. The second kappa shape index (κ2) is 7.09. The maximum atomic E-state index is 12.3. The first-order valence-electron chi connectivity index (χ1n) is 6.75. The second-order valence-electron chi connectivity index (χ2n) is 4.57. The number of para-hydroxylation sites is 2. The van der Waals surface area contributed by atoms with E-state index in [0.717, 1.165) is 18.5 Å². The highest BCUT2D eigenvalue weighted by Crippen LogP contribution is 2.24. The summed E-state index contributed by atoms with van der Waals surface area (Å²) in [6, 6.07) is 10.6. The predicted molar refractivity (Wildman–Crippen MR) is 84.2 cm³/mol. The van der Waals surface area contributed by atoms with Gasteiger partial charge < -0.3 is 10.1 Å². The molecule has 110 valence electrons. The first-order chi connectivity index (χ1) is 10.1. The Morgan fingerprint density at radius 3 is 2.81 bits per heavy atom. The summed E-state index contributed by atoms with van der Waals surface area (Å²) >= 11 is 5.98. The maximum Gasteiger partial charge on any atom is 0.255 e. The molecule has 0 atom stereocenters. The van der Waals surface area contributed by atoms with Crippen LogP contribution in [0.5, 0.6) is 5.75 Å². The molecule has 0 radical (unpaired) electrons. The number of methoxy groups -OCH3 is 1. The fourth-order valence-corrected chi connectivity index (χ4v) is 2.24. The van der Waals surface area contributed by atoms with Crippen LogP contribution in [0.4, 0.5) is 5.69 Å². The fourth-order valence-electron chi connectivity index (χ4n) is 2.01. The van der Waals surface area contributed by atoms with Gasteiger partial charge in [-0.25, -0.2) is 4.98 Å². The Bertz CT molecular complexity index is 644. The van der Waals surface area contributed by atoms with Gasteiger partial charge in [0.15, 0.2) is 0 Å². The molecule has 5 heteroatoms. The number of nitrogens with zero attached hydrogens (tertiary/aromatic N) is 1. The Balaban J connectivity index is 2.24. The van der Waals surface area contributed by atoms with Crippen molar-refractivity contribution in [2.45, 2.75) is 19.8 Å². The Hall–Kier alpha value is -2.07. The van der Waals surface area contributed by atoms with Crippen molar-refractivity contribution in [1.82, 2.24) is 4.98 Å². The van der Waals surface area contributed by atoms with Gasteiger partial charge in [-0.1, -0.05) is 37.1 Å². The quantitative estimate of drug-likeness (QED) is 0.851. The molecule has 0 bridgehead atoms. The van der Waals surface area contributed by atoms with Crippen molar-refractivity contribution >= 4 is 23.2 Å². The van der Waals surface area contributed by atoms with E-state index >= 15 is 0 Å². The van der Waals surface area contributed by atoms with Gasteiger partial charge in [0.05, 0.1) is 12.8 Å². The van der Waals surface area contributed by atoms with E-state index in [-0.39, 0.29) is 5.91 Å². The number of rotatable bonds is 5. The zero-order valence-corrected chi connectivity index (χ0v) is 12.8. The SMILES string of the molecule is CCCc1cc(C(=O)Nc2ccccc2OC)cc(Cl)n1. The van der Waals surface area contributed by atoms with Gasteiger partial charge in [-0.2, -0.15) is 0 Å². The summed E-state index contributed by atoms with van der Waals surface area (Å²) in [6.07, 6.45) is 1.73. The van der Waals surface area contributed by atoms with E-state index in [0.29, 0.717) is 22.2 Å². The Kier molecular flexibility index (Phi) is 5.17. The molecule has 2 aromatic rings. The first kappa shape index (κ1) is 15.3. The number of nitrogens with one attached hydrogen (secondary N) is 1. The van der Waals surface area contributed by atoms with Crippen LogP contribution in [0.2, 0.25) is 5.15 Å². The Labute approximate surface area is 129 Å². The molecule has 1 N–H and O–H groups in total. The van der Waals surface area contributed by atoms with Gasteiger partial charge in [-0.3, -0.25) is 4.79 Å². The number of ether oxygens (including phenoxy) is 1. The summed E-state index contributed by atoms with van der Waals surface area (Å²) in [5.41, 5.74) is 1.93. The second-order valence-corrected chi connectivity index (χ2v) is 4.96. The van der Waals surface area contributed by atoms with Gasteiger partial charge in [-0.15, -0.1) is 0 Å². The Morgan fingerprint density at radius 2 is 2.10 bits per heavy atom. The van der Waals surface area contributed by atoms with Gasteiger partial charge in [0.2, 0.25) is 0 Å². The van der Waals surface area contributed by atoms with Gasteiger partial charge >= 0.3 is 0 Å². The van der Waals surface area contributed by atoms with Crippen molar-refractivity contribution in [2.24, 2.45) is 0 Å². The molecule has 1 heterocycles. The molecule has 2 rings (SSSR count).